The van der Waals surface area contributed by atoms with Gasteiger partial charge in [-0.2, -0.15) is 0 Å². The summed E-state index contributed by atoms with van der Waals surface area (Å²) in [7, 11) is 0. The van der Waals surface area contributed by atoms with Crippen molar-refractivity contribution in [3.05, 3.63) is 5.01 Å². The lowest BCUT2D eigenvalue weighted by atomic mass is 10.1. The van der Waals surface area contributed by atoms with E-state index in [9.17, 15) is 0 Å². The van der Waals surface area contributed by atoms with Gasteiger partial charge in [-0.25, -0.2) is 0 Å². The molecule has 1 unspecified atom stereocenters. The highest BCUT2D eigenvalue weighted by atomic mass is 32.1. The zero-order chi connectivity index (χ0) is 12.4. The van der Waals surface area contributed by atoms with Crippen LogP contribution in [-0.2, 0) is 4.74 Å². The third-order valence-corrected chi connectivity index (χ3v) is 4.60. The van der Waals surface area contributed by atoms with E-state index in [0.29, 0.717) is 0 Å². The molecule has 1 aromatic heterocycles. The standard InChI is InChI=1S/C12H20N4OS/c1-10-13-14-12(18-10)16-5-3-15(4-6-16)8-11-2-7-17-9-11/h11H,2-9H2,1H3. The Hall–Kier alpha value is -0.720. The molecule has 1 aromatic rings. The average molecular weight is 268 g/mol. The first-order valence-electron chi connectivity index (χ1n) is 6.66. The Balaban J connectivity index is 1.48. The van der Waals surface area contributed by atoms with Crippen LogP contribution in [0.1, 0.15) is 11.4 Å². The lowest BCUT2D eigenvalue weighted by molar-refractivity contribution is 0.164. The minimum absolute atomic E-state index is 0.750. The van der Waals surface area contributed by atoms with E-state index in [-0.39, 0.29) is 0 Å². The summed E-state index contributed by atoms with van der Waals surface area (Å²) < 4.78 is 5.44. The van der Waals surface area contributed by atoms with Crippen molar-refractivity contribution in [1.82, 2.24) is 15.1 Å². The van der Waals surface area contributed by atoms with Crippen LogP contribution in [-0.4, -0.2) is 61.0 Å². The summed E-state index contributed by atoms with van der Waals surface area (Å²) in [5.41, 5.74) is 0. The molecule has 0 saturated carbocycles. The highest BCUT2D eigenvalue weighted by Crippen LogP contribution is 2.21. The van der Waals surface area contributed by atoms with Crippen LogP contribution in [0.3, 0.4) is 0 Å². The van der Waals surface area contributed by atoms with Gasteiger partial charge in [0.25, 0.3) is 0 Å². The highest BCUT2D eigenvalue weighted by Gasteiger charge is 2.23. The molecule has 5 nitrogen and oxygen atoms in total. The molecule has 3 heterocycles. The lowest BCUT2D eigenvalue weighted by Crippen LogP contribution is -2.47. The van der Waals surface area contributed by atoms with Crippen LogP contribution in [0.15, 0.2) is 0 Å². The molecule has 18 heavy (non-hydrogen) atoms. The number of nitrogens with zero attached hydrogens (tertiary/aromatic N) is 4. The van der Waals surface area contributed by atoms with Crippen molar-refractivity contribution in [1.29, 1.82) is 0 Å². The first-order valence-corrected chi connectivity index (χ1v) is 7.48. The quantitative estimate of drug-likeness (QED) is 0.818. The van der Waals surface area contributed by atoms with Gasteiger partial charge in [0, 0.05) is 39.3 Å². The van der Waals surface area contributed by atoms with Gasteiger partial charge in [0.2, 0.25) is 5.13 Å². The third-order valence-electron chi connectivity index (χ3n) is 3.70. The molecule has 3 rings (SSSR count). The topological polar surface area (TPSA) is 41.5 Å². The van der Waals surface area contributed by atoms with E-state index in [1.807, 2.05) is 6.92 Å². The second-order valence-electron chi connectivity index (χ2n) is 5.12. The Bertz CT molecular complexity index is 383. The fourth-order valence-corrected chi connectivity index (χ4v) is 3.37. The third kappa shape index (κ3) is 2.81. The Kier molecular flexibility index (Phi) is 3.77. The van der Waals surface area contributed by atoms with E-state index in [0.717, 1.165) is 55.4 Å². The van der Waals surface area contributed by atoms with E-state index in [2.05, 4.69) is 20.0 Å². The van der Waals surface area contributed by atoms with E-state index in [1.54, 1.807) is 11.3 Å². The molecule has 0 bridgehead atoms. The van der Waals surface area contributed by atoms with Gasteiger partial charge in [0.15, 0.2) is 0 Å². The van der Waals surface area contributed by atoms with Gasteiger partial charge >= 0.3 is 0 Å². The lowest BCUT2D eigenvalue weighted by Gasteiger charge is -2.35. The second-order valence-corrected chi connectivity index (χ2v) is 6.28. The normalized spacial score (nSPS) is 25.8. The predicted molar refractivity (Wildman–Crippen MR) is 72.2 cm³/mol. The number of ether oxygens (including phenoxy) is 1. The first-order chi connectivity index (χ1) is 8.81. The Morgan fingerprint density at radius 1 is 1.28 bits per heavy atom. The zero-order valence-electron chi connectivity index (χ0n) is 10.8. The zero-order valence-corrected chi connectivity index (χ0v) is 11.7. The van der Waals surface area contributed by atoms with Crippen molar-refractivity contribution in [2.75, 3.05) is 50.8 Å². The molecule has 0 spiro atoms. The van der Waals surface area contributed by atoms with E-state index >= 15 is 0 Å². The predicted octanol–water partition coefficient (Wildman–Crippen LogP) is 1.01. The van der Waals surface area contributed by atoms with Crippen LogP contribution in [0.25, 0.3) is 0 Å². The molecular weight excluding hydrogens is 248 g/mol. The summed E-state index contributed by atoms with van der Waals surface area (Å²) in [6.45, 7) is 9.53. The van der Waals surface area contributed by atoms with Crippen LogP contribution in [0.5, 0.6) is 0 Å². The molecule has 2 aliphatic rings. The summed E-state index contributed by atoms with van der Waals surface area (Å²) in [5.74, 6) is 0.750. The number of anilines is 1. The van der Waals surface area contributed by atoms with Crippen LogP contribution in [0, 0.1) is 12.8 Å². The summed E-state index contributed by atoms with van der Waals surface area (Å²) >= 11 is 1.69. The van der Waals surface area contributed by atoms with Gasteiger partial charge in [0.1, 0.15) is 5.01 Å². The van der Waals surface area contributed by atoms with Crippen LogP contribution in [0.4, 0.5) is 5.13 Å². The van der Waals surface area contributed by atoms with Gasteiger partial charge in [0.05, 0.1) is 6.61 Å². The van der Waals surface area contributed by atoms with Gasteiger partial charge in [-0.3, -0.25) is 4.90 Å². The van der Waals surface area contributed by atoms with Crippen molar-refractivity contribution in [2.24, 2.45) is 5.92 Å². The Labute approximate surface area is 112 Å². The number of aromatic nitrogens is 2. The van der Waals surface area contributed by atoms with Crippen molar-refractivity contribution in [2.45, 2.75) is 13.3 Å². The highest BCUT2D eigenvalue weighted by molar-refractivity contribution is 7.15. The molecule has 0 radical (unpaired) electrons. The van der Waals surface area contributed by atoms with Gasteiger partial charge in [-0.05, 0) is 19.3 Å². The molecule has 6 heteroatoms. The maximum atomic E-state index is 5.44. The smallest absolute Gasteiger partial charge is 0.208 e. The fraction of sp³-hybridized carbons (Fsp3) is 0.833. The summed E-state index contributed by atoms with van der Waals surface area (Å²) in [6.07, 6.45) is 1.23. The van der Waals surface area contributed by atoms with Gasteiger partial charge in [-0.15, -0.1) is 10.2 Å². The van der Waals surface area contributed by atoms with Crippen molar-refractivity contribution in [3.63, 3.8) is 0 Å². The van der Waals surface area contributed by atoms with Crippen LogP contribution in [0.2, 0.25) is 0 Å². The van der Waals surface area contributed by atoms with Crippen molar-refractivity contribution in [3.8, 4) is 0 Å². The minimum atomic E-state index is 0.750. The summed E-state index contributed by atoms with van der Waals surface area (Å²) in [6, 6.07) is 0. The summed E-state index contributed by atoms with van der Waals surface area (Å²) in [5, 5.41) is 10.4. The monoisotopic (exact) mass is 268 g/mol. The molecule has 1 atom stereocenters. The molecule has 2 fully saturated rings. The maximum absolute atomic E-state index is 5.44. The number of hydrogen-bond donors (Lipinski definition) is 0. The Morgan fingerprint density at radius 3 is 2.72 bits per heavy atom. The molecular formula is C12H20N4OS. The van der Waals surface area contributed by atoms with E-state index in [1.165, 1.54) is 13.0 Å². The van der Waals surface area contributed by atoms with Crippen LogP contribution >= 0.6 is 11.3 Å². The molecule has 0 N–H and O–H groups in total. The SMILES string of the molecule is Cc1nnc(N2CCN(CC3CCOC3)CC2)s1. The number of hydrogen-bond acceptors (Lipinski definition) is 6. The number of piperazine rings is 1. The van der Waals surface area contributed by atoms with Gasteiger partial charge in [-0.1, -0.05) is 11.3 Å². The summed E-state index contributed by atoms with van der Waals surface area (Å²) in [4.78, 5) is 4.91. The maximum Gasteiger partial charge on any atom is 0.208 e. The van der Waals surface area contributed by atoms with Gasteiger partial charge < -0.3 is 9.64 Å². The minimum Gasteiger partial charge on any atom is -0.381 e. The molecule has 0 aliphatic carbocycles. The molecule has 100 valence electrons. The number of rotatable bonds is 3. The fourth-order valence-electron chi connectivity index (χ4n) is 2.63. The van der Waals surface area contributed by atoms with Crippen LogP contribution < -0.4 is 4.90 Å². The first kappa shape index (κ1) is 12.3. The molecule has 2 aliphatic heterocycles. The largest absolute Gasteiger partial charge is 0.381 e. The Morgan fingerprint density at radius 2 is 2.11 bits per heavy atom. The molecule has 2 saturated heterocycles. The average Bonchev–Trinajstić information content (AvgIpc) is 3.02. The molecule has 0 amide bonds. The van der Waals surface area contributed by atoms with Crippen molar-refractivity contribution >= 4 is 16.5 Å². The molecule has 0 aromatic carbocycles. The van der Waals surface area contributed by atoms with E-state index < -0.39 is 0 Å². The second kappa shape index (κ2) is 5.50. The number of aryl methyl sites for hydroxylation is 1. The van der Waals surface area contributed by atoms with Crippen molar-refractivity contribution < 1.29 is 4.74 Å². The van der Waals surface area contributed by atoms with E-state index in [4.69, 9.17) is 4.74 Å².